The van der Waals surface area contributed by atoms with E-state index in [9.17, 15) is 4.79 Å². The third-order valence-electron chi connectivity index (χ3n) is 4.07. The summed E-state index contributed by atoms with van der Waals surface area (Å²) in [5, 5.41) is 3.62. The van der Waals surface area contributed by atoms with Crippen molar-refractivity contribution in [1.82, 2.24) is 9.97 Å². The van der Waals surface area contributed by atoms with Gasteiger partial charge in [-0.25, -0.2) is 9.97 Å². The third kappa shape index (κ3) is 3.79. The van der Waals surface area contributed by atoms with E-state index in [1.54, 1.807) is 24.5 Å². The maximum Gasteiger partial charge on any atom is 0.229 e. The number of halogens is 1. The molecule has 2 aromatic rings. The summed E-state index contributed by atoms with van der Waals surface area (Å²) in [6.07, 6.45) is 5.26. The topological polar surface area (TPSA) is 58.1 Å². The van der Waals surface area contributed by atoms with Crippen LogP contribution in [0.5, 0.6) is 0 Å². The number of nitrogens with one attached hydrogen (secondary N) is 1. The number of hydrogen-bond acceptors (Lipinski definition) is 4. The molecular weight excluding hydrogens is 312 g/mol. The van der Waals surface area contributed by atoms with E-state index < -0.39 is 0 Å². The van der Waals surface area contributed by atoms with Crippen molar-refractivity contribution in [3.8, 4) is 0 Å². The van der Waals surface area contributed by atoms with Gasteiger partial charge in [0.15, 0.2) is 0 Å². The molecular formula is C17H19ClN4O. The molecule has 1 amide bonds. The second kappa shape index (κ2) is 6.96. The first-order valence-electron chi connectivity index (χ1n) is 7.72. The monoisotopic (exact) mass is 330 g/mol. The molecule has 0 radical (unpaired) electrons. The number of rotatable bonds is 3. The van der Waals surface area contributed by atoms with E-state index in [0.717, 1.165) is 30.6 Å². The summed E-state index contributed by atoms with van der Waals surface area (Å²) in [7, 11) is 0. The van der Waals surface area contributed by atoms with Crippen LogP contribution in [0.2, 0.25) is 5.02 Å². The largest absolute Gasteiger partial charge is 0.340 e. The SMILES string of the molecule is Cc1ccc(NC(=O)C2CCCN(c3ncccn3)C2)cc1Cl. The zero-order valence-electron chi connectivity index (χ0n) is 13.0. The standard InChI is InChI=1S/C17H19ClN4O/c1-12-5-6-14(10-15(12)18)21-16(23)13-4-2-9-22(11-13)17-19-7-3-8-20-17/h3,5-8,10,13H,2,4,9,11H2,1H3,(H,21,23). The summed E-state index contributed by atoms with van der Waals surface area (Å²) < 4.78 is 0. The van der Waals surface area contributed by atoms with Crippen LogP contribution in [0.25, 0.3) is 0 Å². The van der Waals surface area contributed by atoms with Crippen molar-refractivity contribution in [1.29, 1.82) is 0 Å². The highest BCUT2D eigenvalue weighted by molar-refractivity contribution is 6.31. The molecule has 0 saturated carbocycles. The van der Waals surface area contributed by atoms with E-state index >= 15 is 0 Å². The van der Waals surface area contributed by atoms with E-state index in [1.165, 1.54) is 0 Å². The Balaban J connectivity index is 1.66. The molecule has 0 aliphatic carbocycles. The fourth-order valence-electron chi connectivity index (χ4n) is 2.74. The Morgan fingerprint density at radius 2 is 2.13 bits per heavy atom. The lowest BCUT2D eigenvalue weighted by Gasteiger charge is -2.31. The molecule has 23 heavy (non-hydrogen) atoms. The molecule has 0 spiro atoms. The van der Waals surface area contributed by atoms with Gasteiger partial charge in [-0.3, -0.25) is 4.79 Å². The number of amides is 1. The van der Waals surface area contributed by atoms with Crippen molar-refractivity contribution < 1.29 is 4.79 Å². The predicted molar refractivity (Wildman–Crippen MR) is 91.8 cm³/mol. The number of aryl methyl sites for hydroxylation is 1. The number of hydrogen-bond donors (Lipinski definition) is 1. The van der Waals surface area contributed by atoms with Gasteiger partial charge in [-0.05, 0) is 43.5 Å². The Hall–Kier alpha value is -2.14. The molecule has 1 aliphatic rings. The minimum absolute atomic E-state index is 0.0190. The third-order valence-corrected chi connectivity index (χ3v) is 4.47. The Morgan fingerprint density at radius 1 is 1.35 bits per heavy atom. The number of benzene rings is 1. The maximum absolute atomic E-state index is 12.5. The number of carbonyl (C=O) groups excluding carboxylic acids is 1. The fraction of sp³-hybridized carbons (Fsp3) is 0.353. The Kier molecular flexibility index (Phi) is 4.76. The molecule has 5 nitrogen and oxygen atoms in total. The van der Waals surface area contributed by atoms with Crippen LogP contribution in [0.4, 0.5) is 11.6 Å². The van der Waals surface area contributed by atoms with Gasteiger partial charge in [0, 0.05) is 36.2 Å². The molecule has 0 bridgehead atoms. The van der Waals surface area contributed by atoms with Crippen LogP contribution in [0, 0.1) is 12.8 Å². The lowest BCUT2D eigenvalue weighted by molar-refractivity contribution is -0.120. The molecule has 1 fully saturated rings. The Morgan fingerprint density at radius 3 is 2.87 bits per heavy atom. The number of carbonyl (C=O) groups is 1. The quantitative estimate of drug-likeness (QED) is 0.938. The van der Waals surface area contributed by atoms with Gasteiger partial charge in [0.2, 0.25) is 11.9 Å². The Labute approximate surface area is 140 Å². The molecule has 1 unspecified atom stereocenters. The molecule has 1 atom stereocenters. The van der Waals surface area contributed by atoms with E-state index in [0.29, 0.717) is 17.5 Å². The average Bonchev–Trinajstić information content (AvgIpc) is 2.59. The first-order chi connectivity index (χ1) is 11.1. The molecule has 1 aromatic heterocycles. The molecule has 6 heteroatoms. The smallest absolute Gasteiger partial charge is 0.229 e. The summed E-state index contributed by atoms with van der Waals surface area (Å²) in [5.41, 5.74) is 1.73. The van der Waals surface area contributed by atoms with Crippen LogP contribution >= 0.6 is 11.6 Å². The number of piperidine rings is 1. The van der Waals surface area contributed by atoms with Gasteiger partial charge in [-0.2, -0.15) is 0 Å². The van der Waals surface area contributed by atoms with Crippen LogP contribution < -0.4 is 10.2 Å². The Bertz CT molecular complexity index is 692. The number of aromatic nitrogens is 2. The lowest BCUT2D eigenvalue weighted by Crippen LogP contribution is -2.41. The highest BCUT2D eigenvalue weighted by atomic mass is 35.5. The van der Waals surface area contributed by atoms with Gasteiger partial charge in [0.25, 0.3) is 0 Å². The van der Waals surface area contributed by atoms with Crippen molar-refractivity contribution in [3.05, 3.63) is 47.2 Å². The second-order valence-corrected chi connectivity index (χ2v) is 6.19. The zero-order chi connectivity index (χ0) is 16.2. The summed E-state index contributed by atoms with van der Waals surface area (Å²) >= 11 is 6.11. The van der Waals surface area contributed by atoms with E-state index in [4.69, 9.17) is 11.6 Å². The minimum atomic E-state index is -0.0763. The van der Waals surface area contributed by atoms with E-state index in [-0.39, 0.29) is 11.8 Å². The summed E-state index contributed by atoms with van der Waals surface area (Å²) in [5.74, 6) is 0.626. The summed E-state index contributed by atoms with van der Waals surface area (Å²) in [6, 6.07) is 7.36. The number of nitrogens with zero attached hydrogens (tertiary/aromatic N) is 3. The van der Waals surface area contributed by atoms with Crippen molar-refractivity contribution in [2.45, 2.75) is 19.8 Å². The lowest BCUT2D eigenvalue weighted by atomic mass is 9.97. The number of anilines is 2. The van der Waals surface area contributed by atoms with Crippen LogP contribution in [0.1, 0.15) is 18.4 Å². The molecule has 1 aliphatic heterocycles. The first kappa shape index (κ1) is 15.7. The van der Waals surface area contributed by atoms with E-state index in [1.807, 2.05) is 19.1 Å². The molecule has 1 N–H and O–H groups in total. The molecule has 3 rings (SSSR count). The van der Waals surface area contributed by atoms with Crippen molar-refractivity contribution in [3.63, 3.8) is 0 Å². The van der Waals surface area contributed by atoms with Crippen molar-refractivity contribution >= 4 is 29.1 Å². The maximum atomic E-state index is 12.5. The van der Waals surface area contributed by atoms with Gasteiger partial charge in [0.1, 0.15) is 0 Å². The normalized spacial score (nSPS) is 17.8. The van der Waals surface area contributed by atoms with Crippen LogP contribution in [-0.4, -0.2) is 29.0 Å². The fourth-order valence-corrected chi connectivity index (χ4v) is 2.92. The highest BCUT2D eigenvalue weighted by Gasteiger charge is 2.27. The second-order valence-electron chi connectivity index (χ2n) is 5.79. The molecule has 2 heterocycles. The minimum Gasteiger partial charge on any atom is -0.340 e. The van der Waals surface area contributed by atoms with Crippen molar-refractivity contribution in [2.75, 3.05) is 23.3 Å². The molecule has 1 aromatic carbocycles. The van der Waals surface area contributed by atoms with Gasteiger partial charge >= 0.3 is 0 Å². The summed E-state index contributed by atoms with van der Waals surface area (Å²) in [6.45, 7) is 3.45. The molecule has 1 saturated heterocycles. The van der Waals surface area contributed by atoms with Gasteiger partial charge in [-0.1, -0.05) is 17.7 Å². The van der Waals surface area contributed by atoms with Crippen LogP contribution in [-0.2, 0) is 4.79 Å². The highest BCUT2D eigenvalue weighted by Crippen LogP contribution is 2.23. The van der Waals surface area contributed by atoms with Crippen LogP contribution in [0.15, 0.2) is 36.7 Å². The average molecular weight is 331 g/mol. The first-order valence-corrected chi connectivity index (χ1v) is 8.10. The predicted octanol–water partition coefficient (Wildman–Crippen LogP) is 3.29. The zero-order valence-corrected chi connectivity index (χ0v) is 13.8. The van der Waals surface area contributed by atoms with E-state index in [2.05, 4.69) is 20.2 Å². The van der Waals surface area contributed by atoms with Gasteiger partial charge in [0.05, 0.1) is 5.92 Å². The van der Waals surface area contributed by atoms with Gasteiger partial charge in [-0.15, -0.1) is 0 Å². The summed E-state index contributed by atoms with van der Waals surface area (Å²) in [4.78, 5) is 23.1. The van der Waals surface area contributed by atoms with Gasteiger partial charge < -0.3 is 10.2 Å². The van der Waals surface area contributed by atoms with Crippen LogP contribution in [0.3, 0.4) is 0 Å². The molecule has 120 valence electrons. The van der Waals surface area contributed by atoms with Crippen molar-refractivity contribution in [2.24, 2.45) is 5.92 Å².